The highest BCUT2D eigenvalue weighted by Crippen LogP contribution is 2.24. The van der Waals surface area contributed by atoms with E-state index in [0.717, 1.165) is 18.6 Å². The molecule has 1 atom stereocenters. The summed E-state index contributed by atoms with van der Waals surface area (Å²) in [6.07, 6.45) is 2.25. The van der Waals surface area contributed by atoms with Crippen molar-refractivity contribution in [1.82, 2.24) is 0 Å². The molecule has 0 aliphatic rings. The molecular formula is C18H17ClFNO. The Labute approximate surface area is 135 Å². The fourth-order valence-corrected chi connectivity index (χ4v) is 2.34. The van der Waals surface area contributed by atoms with E-state index in [1.807, 2.05) is 12.1 Å². The second-order valence-corrected chi connectivity index (χ2v) is 5.44. The molecule has 0 aliphatic carbocycles. The summed E-state index contributed by atoms with van der Waals surface area (Å²) in [6, 6.07) is 15.8. The van der Waals surface area contributed by atoms with Gasteiger partial charge in [0, 0.05) is 10.6 Å². The Bertz CT molecular complexity index is 636. The van der Waals surface area contributed by atoms with Crippen molar-refractivity contribution in [2.75, 3.05) is 6.61 Å². The van der Waals surface area contributed by atoms with Gasteiger partial charge >= 0.3 is 0 Å². The van der Waals surface area contributed by atoms with Crippen molar-refractivity contribution in [1.29, 1.82) is 5.26 Å². The molecule has 0 bridgehead atoms. The van der Waals surface area contributed by atoms with Crippen molar-refractivity contribution in [2.24, 2.45) is 0 Å². The Hall–Kier alpha value is -2.05. The van der Waals surface area contributed by atoms with E-state index in [9.17, 15) is 9.65 Å². The Morgan fingerprint density at radius 1 is 1.09 bits per heavy atom. The minimum Gasteiger partial charge on any atom is -0.494 e. The van der Waals surface area contributed by atoms with Gasteiger partial charge in [0.15, 0.2) is 0 Å². The topological polar surface area (TPSA) is 33.0 Å². The molecule has 22 heavy (non-hydrogen) atoms. The largest absolute Gasteiger partial charge is 0.494 e. The van der Waals surface area contributed by atoms with Crippen LogP contribution in [0, 0.1) is 17.1 Å². The quantitative estimate of drug-likeness (QED) is 0.646. The molecule has 0 aliphatic heterocycles. The lowest BCUT2D eigenvalue weighted by Gasteiger charge is -2.11. The number of ether oxygens (including phenoxy) is 1. The highest BCUT2D eigenvalue weighted by Gasteiger charge is 2.14. The van der Waals surface area contributed by atoms with Gasteiger partial charge in [0.25, 0.3) is 0 Å². The Kier molecular flexibility index (Phi) is 6.24. The van der Waals surface area contributed by atoms with Gasteiger partial charge in [0.1, 0.15) is 11.6 Å². The van der Waals surface area contributed by atoms with Crippen LogP contribution in [0.25, 0.3) is 0 Å². The van der Waals surface area contributed by atoms with Crippen molar-refractivity contribution in [3.63, 3.8) is 0 Å². The lowest BCUT2D eigenvalue weighted by molar-refractivity contribution is 0.304. The van der Waals surface area contributed by atoms with Gasteiger partial charge in [-0.3, -0.25) is 0 Å². The molecule has 0 N–H and O–H groups in total. The molecule has 0 fully saturated rings. The zero-order valence-electron chi connectivity index (χ0n) is 12.1. The third kappa shape index (κ3) is 4.75. The molecule has 2 rings (SSSR count). The predicted molar refractivity (Wildman–Crippen MR) is 85.6 cm³/mol. The highest BCUT2D eigenvalue weighted by atomic mass is 35.5. The number of nitriles is 1. The normalized spacial score (nSPS) is 11.7. The lowest BCUT2D eigenvalue weighted by atomic mass is 9.94. The summed E-state index contributed by atoms with van der Waals surface area (Å²) in [5.74, 6) is 0.0542. The van der Waals surface area contributed by atoms with Crippen LogP contribution in [0.1, 0.15) is 30.7 Å². The SMILES string of the molecule is N#CC(CCCCOc1ccc(Cl)cc1)c1ccccc1F. The van der Waals surface area contributed by atoms with E-state index < -0.39 is 5.92 Å². The maximum Gasteiger partial charge on any atom is 0.127 e. The van der Waals surface area contributed by atoms with Gasteiger partial charge in [-0.2, -0.15) is 5.26 Å². The molecule has 0 spiro atoms. The summed E-state index contributed by atoms with van der Waals surface area (Å²) >= 11 is 5.80. The number of nitrogens with zero attached hydrogens (tertiary/aromatic N) is 1. The second-order valence-electron chi connectivity index (χ2n) is 5.00. The molecule has 2 nitrogen and oxygen atoms in total. The van der Waals surface area contributed by atoms with Crippen LogP contribution in [0.4, 0.5) is 4.39 Å². The molecule has 2 aromatic rings. The van der Waals surface area contributed by atoms with Gasteiger partial charge in [-0.25, -0.2) is 4.39 Å². The lowest BCUT2D eigenvalue weighted by Crippen LogP contribution is -2.02. The van der Waals surface area contributed by atoms with E-state index in [1.54, 1.807) is 30.3 Å². The molecule has 0 saturated heterocycles. The molecule has 0 amide bonds. The number of benzene rings is 2. The van der Waals surface area contributed by atoms with Gasteiger partial charge in [-0.1, -0.05) is 29.8 Å². The number of hydrogen-bond acceptors (Lipinski definition) is 2. The van der Waals surface area contributed by atoms with Crippen molar-refractivity contribution in [3.8, 4) is 11.8 Å². The molecule has 114 valence electrons. The van der Waals surface area contributed by atoms with Crippen LogP contribution < -0.4 is 4.74 Å². The fourth-order valence-electron chi connectivity index (χ4n) is 2.22. The van der Waals surface area contributed by atoms with Crippen molar-refractivity contribution >= 4 is 11.6 Å². The zero-order chi connectivity index (χ0) is 15.8. The first-order valence-electron chi connectivity index (χ1n) is 7.23. The van der Waals surface area contributed by atoms with E-state index in [2.05, 4.69) is 6.07 Å². The van der Waals surface area contributed by atoms with Crippen LogP contribution in [-0.2, 0) is 0 Å². The van der Waals surface area contributed by atoms with Gasteiger partial charge in [0.05, 0.1) is 18.6 Å². The summed E-state index contributed by atoms with van der Waals surface area (Å²) in [6.45, 7) is 0.567. The molecule has 1 unspecified atom stereocenters. The van der Waals surface area contributed by atoms with Gasteiger partial charge in [-0.15, -0.1) is 0 Å². The van der Waals surface area contributed by atoms with Crippen LogP contribution in [0.15, 0.2) is 48.5 Å². The minimum absolute atomic E-state index is 0.313. The van der Waals surface area contributed by atoms with Gasteiger partial charge < -0.3 is 4.74 Å². The van der Waals surface area contributed by atoms with Crippen LogP contribution >= 0.6 is 11.6 Å². The van der Waals surface area contributed by atoms with Crippen molar-refractivity contribution in [2.45, 2.75) is 25.2 Å². The fraction of sp³-hybridized carbons (Fsp3) is 0.278. The summed E-state index contributed by atoms with van der Waals surface area (Å²) in [7, 11) is 0. The maximum absolute atomic E-state index is 13.7. The van der Waals surface area contributed by atoms with E-state index in [0.29, 0.717) is 23.6 Å². The van der Waals surface area contributed by atoms with Crippen molar-refractivity contribution in [3.05, 3.63) is 64.9 Å². The van der Waals surface area contributed by atoms with Crippen LogP contribution in [0.5, 0.6) is 5.75 Å². The summed E-state index contributed by atoms with van der Waals surface area (Å²) in [5, 5.41) is 9.88. The van der Waals surface area contributed by atoms with Crippen LogP contribution in [-0.4, -0.2) is 6.61 Å². The smallest absolute Gasteiger partial charge is 0.127 e. The number of halogens is 2. The highest BCUT2D eigenvalue weighted by molar-refractivity contribution is 6.30. The van der Waals surface area contributed by atoms with E-state index >= 15 is 0 Å². The van der Waals surface area contributed by atoms with Gasteiger partial charge in [-0.05, 0) is 49.6 Å². The average molecular weight is 318 g/mol. The summed E-state index contributed by atoms with van der Waals surface area (Å²) < 4.78 is 19.3. The zero-order valence-corrected chi connectivity index (χ0v) is 12.9. The Morgan fingerprint density at radius 3 is 2.50 bits per heavy atom. The maximum atomic E-state index is 13.7. The second kappa shape index (κ2) is 8.41. The Morgan fingerprint density at radius 2 is 1.82 bits per heavy atom. The minimum atomic E-state index is -0.406. The third-order valence-electron chi connectivity index (χ3n) is 3.41. The summed E-state index contributed by atoms with van der Waals surface area (Å²) in [4.78, 5) is 0. The Balaban J connectivity index is 1.74. The van der Waals surface area contributed by atoms with Crippen LogP contribution in [0.2, 0.25) is 5.02 Å². The van der Waals surface area contributed by atoms with Gasteiger partial charge in [0.2, 0.25) is 0 Å². The molecular weight excluding hydrogens is 301 g/mol. The number of unbranched alkanes of at least 4 members (excludes halogenated alkanes) is 1. The first-order valence-corrected chi connectivity index (χ1v) is 7.61. The first kappa shape index (κ1) is 16.3. The number of rotatable bonds is 7. The monoisotopic (exact) mass is 317 g/mol. The molecule has 0 heterocycles. The number of hydrogen-bond donors (Lipinski definition) is 0. The average Bonchev–Trinajstić information content (AvgIpc) is 2.54. The van der Waals surface area contributed by atoms with E-state index in [4.69, 9.17) is 16.3 Å². The van der Waals surface area contributed by atoms with E-state index in [-0.39, 0.29) is 5.82 Å². The third-order valence-corrected chi connectivity index (χ3v) is 3.66. The van der Waals surface area contributed by atoms with E-state index in [1.165, 1.54) is 6.07 Å². The van der Waals surface area contributed by atoms with Crippen molar-refractivity contribution < 1.29 is 9.13 Å². The predicted octanol–water partition coefficient (Wildman–Crippen LogP) is 5.34. The molecule has 0 radical (unpaired) electrons. The standard InChI is InChI=1S/C18H17ClFNO/c19-15-8-10-16(11-9-15)22-12-4-3-5-14(13-21)17-6-1-2-7-18(17)20/h1-2,6-11,14H,3-5,12H2. The molecule has 0 aromatic heterocycles. The van der Waals surface area contributed by atoms with Crippen LogP contribution in [0.3, 0.4) is 0 Å². The molecule has 4 heteroatoms. The molecule has 0 saturated carbocycles. The summed E-state index contributed by atoms with van der Waals surface area (Å²) in [5.41, 5.74) is 0.476. The molecule has 2 aromatic carbocycles. The first-order chi connectivity index (χ1) is 10.7.